The molecule has 21 heavy (non-hydrogen) atoms. The van der Waals surface area contributed by atoms with Crippen LogP contribution in [-0.4, -0.2) is 27.8 Å². The van der Waals surface area contributed by atoms with Gasteiger partial charge in [-0.3, -0.25) is 14.4 Å². The summed E-state index contributed by atoms with van der Waals surface area (Å²) in [6, 6.07) is 0. The fourth-order valence-electron chi connectivity index (χ4n) is 3.20. The molecule has 0 radical (unpaired) electrons. The predicted molar refractivity (Wildman–Crippen MR) is 76.1 cm³/mol. The van der Waals surface area contributed by atoms with E-state index in [9.17, 15) is 19.5 Å². The van der Waals surface area contributed by atoms with Crippen molar-refractivity contribution in [3.8, 4) is 0 Å². The van der Waals surface area contributed by atoms with Gasteiger partial charge in [-0.25, -0.2) is 4.98 Å². The van der Waals surface area contributed by atoms with Crippen molar-refractivity contribution in [3.05, 3.63) is 23.2 Å². The van der Waals surface area contributed by atoms with E-state index >= 15 is 0 Å². The van der Waals surface area contributed by atoms with Crippen molar-refractivity contribution in [1.29, 1.82) is 0 Å². The zero-order valence-electron chi connectivity index (χ0n) is 11.3. The fraction of sp³-hybridized carbons (Fsp3) is 0.429. The normalized spacial score (nSPS) is 29.6. The molecule has 0 spiro atoms. The Kier molecular flexibility index (Phi) is 3.36. The summed E-state index contributed by atoms with van der Waals surface area (Å²) in [5, 5.41) is 13.9. The zero-order valence-corrected chi connectivity index (χ0v) is 12.1. The van der Waals surface area contributed by atoms with Crippen molar-refractivity contribution in [2.45, 2.75) is 13.3 Å². The van der Waals surface area contributed by atoms with Crippen molar-refractivity contribution in [2.24, 2.45) is 23.7 Å². The molecule has 1 fully saturated rings. The minimum atomic E-state index is -0.935. The van der Waals surface area contributed by atoms with E-state index in [2.05, 4.69) is 10.3 Å². The first-order chi connectivity index (χ1) is 9.97. The van der Waals surface area contributed by atoms with Crippen LogP contribution in [0.3, 0.4) is 0 Å². The average molecular weight is 306 g/mol. The molecule has 2 N–H and O–H groups in total. The highest BCUT2D eigenvalue weighted by molar-refractivity contribution is 7.14. The first kappa shape index (κ1) is 13.9. The average Bonchev–Trinajstić information content (AvgIpc) is 3.12. The number of aromatic nitrogens is 1. The summed E-state index contributed by atoms with van der Waals surface area (Å²) in [6.07, 6.45) is 4.54. The number of fused-ring (bicyclic) bond motifs is 2. The molecule has 6 nitrogen and oxygen atoms in total. The number of aliphatic carboxylic acids is 1. The molecule has 0 aromatic carbocycles. The van der Waals surface area contributed by atoms with E-state index in [0.29, 0.717) is 17.2 Å². The minimum absolute atomic E-state index is 0.0247. The first-order valence-corrected chi connectivity index (χ1v) is 7.54. The van der Waals surface area contributed by atoms with Gasteiger partial charge in [0.2, 0.25) is 5.91 Å². The first-order valence-electron chi connectivity index (χ1n) is 6.66. The number of carboxylic acid groups (broad SMARTS) is 1. The van der Waals surface area contributed by atoms with Crippen LogP contribution < -0.4 is 5.32 Å². The summed E-state index contributed by atoms with van der Waals surface area (Å²) in [5.41, 5.74) is 0.304. The number of Topliss-reactive ketones (excluding diaryl/α,β-unsaturated/α-hetero) is 1. The molecule has 1 aromatic heterocycles. The molecule has 7 heteroatoms. The van der Waals surface area contributed by atoms with E-state index in [1.165, 1.54) is 18.3 Å². The Bertz CT molecular complexity index is 651. The molecule has 0 aliphatic heterocycles. The highest BCUT2D eigenvalue weighted by Gasteiger charge is 2.51. The van der Waals surface area contributed by atoms with Crippen molar-refractivity contribution in [1.82, 2.24) is 4.98 Å². The number of nitrogens with zero attached hydrogens (tertiary/aromatic N) is 1. The zero-order chi connectivity index (χ0) is 15.1. The number of anilines is 1. The predicted octanol–water partition coefficient (Wildman–Crippen LogP) is 1.81. The van der Waals surface area contributed by atoms with Gasteiger partial charge < -0.3 is 10.4 Å². The monoisotopic (exact) mass is 306 g/mol. The van der Waals surface area contributed by atoms with Crippen LogP contribution in [0.15, 0.2) is 17.5 Å². The second-order valence-corrected chi connectivity index (χ2v) is 6.28. The van der Waals surface area contributed by atoms with Crippen molar-refractivity contribution in [2.75, 3.05) is 5.32 Å². The summed E-state index contributed by atoms with van der Waals surface area (Å²) < 4.78 is 0. The molecule has 1 heterocycles. The third kappa shape index (κ3) is 2.37. The van der Waals surface area contributed by atoms with Crippen LogP contribution in [0.5, 0.6) is 0 Å². The van der Waals surface area contributed by atoms with Crippen LogP contribution in [0.4, 0.5) is 5.13 Å². The lowest BCUT2D eigenvalue weighted by Gasteiger charge is -2.23. The van der Waals surface area contributed by atoms with Crippen molar-refractivity contribution >= 4 is 34.1 Å². The number of thiazole rings is 1. The molecule has 4 atom stereocenters. The maximum absolute atomic E-state index is 12.4. The minimum Gasteiger partial charge on any atom is -0.481 e. The number of allylic oxidation sites excluding steroid dienone is 2. The Hall–Kier alpha value is -2.02. The molecule has 1 amide bonds. The van der Waals surface area contributed by atoms with E-state index in [1.807, 2.05) is 12.2 Å². The van der Waals surface area contributed by atoms with Gasteiger partial charge in [-0.15, -0.1) is 11.3 Å². The number of hydrogen-bond acceptors (Lipinski definition) is 5. The Labute approximate surface area is 124 Å². The lowest BCUT2D eigenvalue weighted by molar-refractivity contribution is -0.146. The lowest BCUT2D eigenvalue weighted by Crippen LogP contribution is -2.36. The van der Waals surface area contributed by atoms with E-state index in [1.54, 1.807) is 5.38 Å². The number of amides is 1. The van der Waals surface area contributed by atoms with Crippen LogP contribution in [0, 0.1) is 23.7 Å². The van der Waals surface area contributed by atoms with Gasteiger partial charge in [0.1, 0.15) is 5.69 Å². The second-order valence-electron chi connectivity index (χ2n) is 5.42. The smallest absolute Gasteiger partial charge is 0.307 e. The highest BCUT2D eigenvalue weighted by atomic mass is 32.1. The van der Waals surface area contributed by atoms with Crippen LogP contribution in [0.25, 0.3) is 0 Å². The number of carbonyl (C=O) groups is 3. The Morgan fingerprint density at radius 3 is 2.52 bits per heavy atom. The third-order valence-corrected chi connectivity index (χ3v) is 4.90. The molecule has 1 saturated carbocycles. The number of carboxylic acids is 1. The van der Waals surface area contributed by atoms with Gasteiger partial charge in [-0.05, 0) is 18.3 Å². The molecule has 2 bridgehead atoms. The topological polar surface area (TPSA) is 96.4 Å². The highest BCUT2D eigenvalue weighted by Crippen LogP contribution is 2.48. The SMILES string of the molecule is CC(=O)c1csc(NC(=O)[C@H]2C3C=CC(C3)[C@H]2C(=O)O)n1. The van der Waals surface area contributed by atoms with Crippen molar-refractivity contribution in [3.63, 3.8) is 0 Å². The lowest BCUT2D eigenvalue weighted by atomic mass is 9.82. The number of ketones is 1. The number of nitrogens with one attached hydrogen (secondary N) is 1. The standard InChI is InChI=1S/C14H14N2O4S/c1-6(17)9-5-21-14(15-9)16-12(18)10-7-2-3-8(4-7)11(10)13(19)20/h2-3,5,7-8,10-11H,4H2,1H3,(H,19,20)(H,15,16,18)/t7?,8?,10-,11+/m0/s1. The quantitative estimate of drug-likeness (QED) is 0.653. The van der Waals surface area contributed by atoms with Crippen LogP contribution >= 0.6 is 11.3 Å². The Balaban J connectivity index is 1.77. The number of rotatable bonds is 4. The molecular formula is C14H14N2O4S. The maximum Gasteiger partial charge on any atom is 0.307 e. The van der Waals surface area contributed by atoms with Gasteiger partial charge >= 0.3 is 5.97 Å². The van der Waals surface area contributed by atoms with Gasteiger partial charge in [-0.2, -0.15) is 0 Å². The molecule has 2 aliphatic carbocycles. The van der Waals surface area contributed by atoms with E-state index in [-0.39, 0.29) is 23.5 Å². The van der Waals surface area contributed by atoms with Gasteiger partial charge in [0.25, 0.3) is 0 Å². The molecule has 1 aromatic rings. The van der Waals surface area contributed by atoms with Gasteiger partial charge in [-0.1, -0.05) is 12.2 Å². The summed E-state index contributed by atoms with van der Waals surface area (Å²) in [4.78, 5) is 39.0. The number of carbonyl (C=O) groups excluding carboxylic acids is 2. The molecule has 2 unspecified atom stereocenters. The molecule has 110 valence electrons. The van der Waals surface area contributed by atoms with Crippen LogP contribution in [0.2, 0.25) is 0 Å². The fourth-order valence-corrected chi connectivity index (χ4v) is 3.95. The third-order valence-electron chi connectivity index (χ3n) is 4.14. The summed E-state index contributed by atoms with van der Waals surface area (Å²) >= 11 is 1.17. The Morgan fingerprint density at radius 2 is 1.95 bits per heavy atom. The number of hydrogen-bond donors (Lipinski definition) is 2. The van der Waals surface area contributed by atoms with Crippen molar-refractivity contribution < 1.29 is 19.5 Å². The van der Waals surface area contributed by atoms with Gasteiger partial charge in [0.15, 0.2) is 10.9 Å². The van der Waals surface area contributed by atoms with Gasteiger partial charge in [0, 0.05) is 12.3 Å². The Morgan fingerprint density at radius 1 is 1.29 bits per heavy atom. The van der Waals surface area contributed by atoms with E-state index in [4.69, 9.17) is 0 Å². The summed E-state index contributed by atoms with van der Waals surface area (Å²) in [7, 11) is 0. The van der Waals surface area contributed by atoms with Crippen LogP contribution in [0.1, 0.15) is 23.8 Å². The van der Waals surface area contributed by atoms with Gasteiger partial charge in [0.05, 0.1) is 11.8 Å². The van der Waals surface area contributed by atoms with E-state index < -0.39 is 17.8 Å². The van der Waals surface area contributed by atoms with Crippen LogP contribution in [-0.2, 0) is 9.59 Å². The van der Waals surface area contributed by atoms with E-state index in [0.717, 1.165) is 0 Å². The summed E-state index contributed by atoms with van der Waals surface area (Å²) in [5.74, 6) is -2.76. The second kappa shape index (κ2) is 5.07. The molecule has 3 rings (SSSR count). The molecule has 2 aliphatic rings. The summed E-state index contributed by atoms with van der Waals surface area (Å²) in [6.45, 7) is 1.40. The molecular weight excluding hydrogens is 292 g/mol. The largest absolute Gasteiger partial charge is 0.481 e. The molecule has 0 saturated heterocycles. The maximum atomic E-state index is 12.4.